The molecule has 376 valence electrons. The highest BCUT2D eigenvalue weighted by Crippen LogP contribution is 2.63. The predicted octanol–water partition coefficient (Wildman–Crippen LogP) is 19.8. The summed E-state index contributed by atoms with van der Waals surface area (Å²) in [4.78, 5) is 12.7. The summed E-state index contributed by atoms with van der Waals surface area (Å²) in [5, 5.41) is 7.03. The van der Waals surface area contributed by atoms with Crippen LogP contribution in [0.3, 0.4) is 0 Å². The third kappa shape index (κ3) is 6.71. The minimum Gasteiger partial charge on any atom is -0.311 e. The predicted molar refractivity (Wildman–Crippen MR) is 336 cm³/mol. The molecule has 1 spiro atoms. The first-order valence-corrected chi connectivity index (χ1v) is 27.9. The molecule has 2 aliphatic carbocycles. The minimum absolute atomic E-state index is 0.406. The molecular weight excluding hydrogens is 981 g/mol. The van der Waals surface area contributed by atoms with Gasteiger partial charge in [-0.15, -0.1) is 0 Å². The van der Waals surface area contributed by atoms with E-state index in [-0.39, 0.29) is 0 Å². The molecule has 0 saturated carbocycles. The Morgan fingerprint density at radius 2 is 0.716 bits per heavy atom. The zero-order valence-corrected chi connectivity index (χ0v) is 44.0. The molecule has 2 heterocycles. The lowest BCUT2D eigenvalue weighted by Crippen LogP contribution is -2.25. The van der Waals surface area contributed by atoms with Crippen LogP contribution in [0, 0.1) is 0 Å². The first-order chi connectivity index (χ1) is 40.2. The molecule has 0 bridgehead atoms. The van der Waals surface area contributed by atoms with Crippen LogP contribution in [-0.2, 0) is 5.41 Å². The number of para-hydroxylation sites is 2. The lowest BCUT2D eigenvalue weighted by atomic mass is 9.70. The van der Waals surface area contributed by atoms with Crippen LogP contribution in [0.25, 0.3) is 116 Å². The van der Waals surface area contributed by atoms with Crippen molar-refractivity contribution in [2.24, 2.45) is 0 Å². The summed E-state index contributed by atoms with van der Waals surface area (Å²) in [7, 11) is 0. The standard InChI is InChI=1S/C77H48N4/c1-3-17-54(18-4-1)80(57-40-33-50(34-41-57)72-48-78-75-64-26-9-7-21-58(64)59-22-8-10-27-65(59)76(75)79-72)56-38-31-49(32-39-56)51-36-43-73-66(45-51)67-46-52(37-44-74(67)81(73)55-19-5-2-6-20-55)53-35-42-63-62-25-13-16-30-70(62)77(71(63)47-53)68-28-14-11-23-60(68)61-24-12-15-29-69(61)77/h1-48H. The molecule has 0 aliphatic heterocycles. The van der Waals surface area contributed by atoms with Crippen molar-refractivity contribution >= 4 is 71.4 Å². The summed E-state index contributed by atoms with van der Waals surface area (Å²) >= 11 is 0. The molecule has 0 saturated heterocycles. The largest absolute Gasteiger partial charge is 0.311 e. The van der Waals surface area contributed by atoms with Gasteiger partial charge in [-0.05, 0) is 156 Å². The monoisotopic (exact) mass is 1030 g/mol. The van der Waals surface area contributed by atoms with E-state index in [4.69, 9.17) is 9.97 Å². The SMILES string of the molecule is c1ccc(N(c2ccc(-c3ccc4c(c3)c3cc(-c5ccc6c(c5)C5(c7ccccc7-c7ccccc75)c5ccccc5-6)ccc3n4-c3ccccc3)cc2)c2ccc(-c3cnc4c5ccccc5c5ccccc5c4n3)cc2)cc1. The van der Waals surface area contributed by atoms with E-state index in [1.807, 2.05) is 6.20 Å². The number of fused-ring (bicyclic) bond motifs is 19. The second kappa shape index (κ2) is 17.7. The van der Waals surface area contributed by atoms with Gasteiger partial charge in [-0.2, -0.15) is 0 Å². The van der Waals surface area contributed by atoms with Crippen LogP contribution in [0.15, 0.2) is 291 Å². The van der Waals surface area contributed by atoms with Crippen LogP contribution in [0.1, 0.15) is 22.3 Å². The fourth-order valence-electron chi connectivity index (χ4n) is 13.9. The maximum absolute atomic E-state index is 5.29. The van der Waals surface area contributed by atoms with E-state index in [9.17, 15) is 0 Å². The summed E-state index contributed by atoms with van der Waals surface area (Å²) in [6.07, 6.45) is 1.92. The number of rotatable bonds is 7. The van der Waals surface area contributed by atoms with Gasteiger partial charge in [0.25, 0.3) is 0 Å². The van der Waals surface area contributed by atoms with Crippen molar-refractivity contribution in [1.82, 2.24) is 14.5 Å². The number of hydrogen-bond acceptors (Lipinski definition) is 3. The van der Waals surface area contributed by atoms with Gasteiger partial charge in [0.2, 0.25) is 0 Å². The molecule has 4 heteroatoms. The lowest BCUT2D eigenvalue weighted by molar-refractivity contribution is 0.794. The van der Waals surface area contributed by atoms with Crippen LogP contribution < -0.4 is 4.90 Å². The molecule has 2 aromatic heterocycles. The Morgan fingerprint density at radius 3 is 1.30 bits per heavy atom. The van der Waals surface area contributed by atoms with E-state index in [0.29, 0.717) is 0 Å². The molecule has 2 aliphatic rings. The van der Waals surface area contributed by atoms with Gasteiger partial charge in [0.05, 0.1) is 39.4 Å². The molecule has 0 amide bonds. The number of benzene rings is 13. The molecule has 0 atom stereocenters. The molecular formula is C77H48N4. The van der Waals surface area contributed by atoms with Crippen molar-refractivity contribution < 1.29 is 0 Å². The molecule has 17 rings (SSSR count). The summed E-state index contributed by atoms with van der Waals surface area (Å²) < 4.78 is 2.42. The number of anilines is 3. The zero-order valence-electron chi connectivity index (χ0n) is 44.0. The molecule has 81 heavy (non-hydrogen) atoms. The quantitative estimate of drug-likeness (QED) is 0.149. The normalized spacial score (nSPS) is 12.8. The highest BCUT2D eigenvalue weighted by atomic mass is 15.1. The molecule has 13 aromatic carbocycles. The Balaban J connectivity index is 0.751. The molecule has 0 fully saturated rings. The van der Waals surface area contributed by atoms with Crippen molar-refractivity contribution in [2.75, 3.05) is 4.90 Å². The van der Waals surface area contributed by atoms with Crippen molar-refractivity contribution in [1.29, 1.82) is 0 Å². The Morgan fingerprint density at radius 1 is 0.296 bits per heavy atom. The van der Waals surface area contributed by atoms with Gasteiger partial charge in [-0.3, -0.25) is 4.98 Å². The van der Waals surface area contributed by atoms with Crippen molar-refractivity contribution in [3.8, 4) is 61.5 Å². The highest BCUT2D eigenvalue weighted by molar-refractivity contribution is 6.23. The van der Waals surface area contributed by atoms with Gasteiger partial charge >= 0.3 is 0 Å². The van der Waals surface area contributed by atoms with Gasteiger partial charge in [0.15, 0.2) is 0 Å². The third-order valence-corrected chi connectivity index (χ3v) is 17.4. The summed E-state index contributed by atoms with van der Waals surface area (Å²) in [5.41, 5.74) is 25.3. The van der Waals surface area contributed by atoms with Gasteiger partial charge < -0.3 is 9.47 Å². The summed E-state index contributed by atoms with van der Waals surface area (Å²) in [6, 6.07) is 105. The summed E-state index contributed by atoms with van der Waals surface area (Å²) in [6.45, 7) is 0. The Hall–Kier alpha value is -10.7. The van der Waals surface area contributed by atoms with E-state index in [0.717, 1.165) is 66.9 Å². The van der Waals surface area contributed by atoms with E-state index in [2.05, 4.69) is 295 Å². The molecule has 15 aromatic rings. The van der Waals surface area contributed by atoms with E-state index >= 15 is 0 Å². The second-order valence-corrected chi connectivity index (χ2v) is 21.6. The van der Waals surface area contributed by atoms with Crippen LogP contribution in [0.5, 0.6) is 0 Å². The first-order valence-electron chi connectivity index (χ1n) is 27.9. The second-order valence-electron chi connectivity index (χ2n) is 21.6. The van der Waals surface area contributed by atoms with E-state index in [1.54, 1.807) is 0 Å². The average molecular weight is 1030 g/mol. The lowest BCUT2D eigenvalue weighted by Gasteiger charge is -2.30. The van der Waals surface area contributed by atoms with E-state index in [1.165, 1.54) is 88.2 Å². The Kier molecular flexibility index (Phi) is 9.89. The maximum Gasteiger partial charge on any atom is 0.0979 e. The molecule has 0 unspecified atom stereocenters. The van der Waals surface area contributed by atoms with Gasteiger partial charge in [-0.25, -0.2) is 4.98 Å². The van der Waals surface area contributed by atoms with Crippen molar-refractivity contribution in [3.05, 3.63) is 314 Å². The third-order valence-electron chi connectivity index (χ3n) is 17.4. The van der Waals surface area contributed by atoms with Crippen molar-refractivity contribution in [2.45, 2.75) is 5.41 Å². The fraction of sp³-hybridized carbons (Fsp3) is 0.0130. The van der Waals surface area contributed by atoms with Crippen molar-refractivity contribution in [3.63, 3.8) is 0 Å². The van der Waals surface area contributed by atoms with E-state index < -0.39 is 5.41 Å². The van der Waals surface area contributed by atoms with Crippen LogP contribution >= 0.6 is 0 Å². The van der Waals surface area contributed by atoms with Gasteiger partial charge in [0, 0.05) is 49.9 Å². The molecule has 0 N–H and O–H groups in total. The smallest absolute Gasteiger partial charge is 0.0979 e. The number of hydrogen-bond donors (Lipinski definition) is 0. The van der Waals surface area contributed by atoms with Gasteiger partial charge in [-0.1, -0.05) is 206 Å². The average Bonchev–Trinajstić information content (AvgIpc) is 2.28. The van der Waals surface area contributed by atoms with Crippen LogP contribution in [0.2, 0.25) is 0 Å². The van der Waals surface area contributed by atoms with Crippen LogP contribution in [0.4, 0.5) is 17.1 Å². The van der Waals surface area contributed by atoms with Crippen LogP contribution in [-0.4, -0.2) is 14.5 Å². The first kappa shape index (κ1) is 45.3. The highest BCUT2D eigenvalue weighted by Gasteiger charge is 2.51. The molecule has 4 nitrogen and oxygen atoms in total. The maximum atomic E-state index is 5.29. The number of aromatic nitrogens is 3. The fourth-order valence-corrected chi connectivity index (χ4v) is 13.9. The van der Waals surface area contributed by atoms with Gasteiger partial charge in [0.1, 0.15) is 0 Å². The molecule has 0 radical (unpaired) electrons. The minimum atomic E-state index is -0.406. The topological polar surface area (TPSA) is 34.0 Å². The number of nitrogens with zero attached hydrogens (tertiary/aromatic N) is 4. The Labute approximate surface area is 468 Å². The summed E-state index contributed by atoms with van der Waals surface area (Å²) in [5.74, 6) is 0. The zero-order chi connectivity index (χ0) is 53.2. The Bertz CT molecular complexity index is 4940.